The van der Waals surface area contributed by atoms with E-state index in [2.05, 4.69) is 15.5 Å². The van der Waals surface area contributed by atoms with Crippen LogP contribution in [0.4, 0.5) is 14.5 Å². The third-order valence-corrected chi connectivity index (χ3v) is 3.01. The van der Waals surface area contributed by atoms with Crippen molar-refractivity contribution < 1.29 is 8.78 Å². The Bertz CT molecular complexity index is 798. The SMILES string of the molecule is Nc1cc(Cl)cc(-c2nnnn2-c2ccc(F)c(F)c2)c1. The smallest absolute Gasteiger partial charge is 0.187 e. The van der Waals surface area contributed by atoms with Gasteiger partial charge in [0, 0.05) is 22.3 Å². The van der Waals surface area contributed by atoms with E-state index in [0.29, 0.717) is 22.1 Å². The Morgan fingerprint density at radius 3 is 2.57 bits per heavy atom. The van der Waals surface area contributed by atoms with Gasteiger partial charge in [-0.25, -0.2) is 8.78 Å². The van der Waals surface area contributed by atoms with Gasteiger partial charge in [-0.1, -0.05) is 11.6 Å². The third kappa shape index (κ3) is 2.55. The van der Waals surface area contributed by atoms with Crippen molar-refractivity contribution in [1.29, 1.82) is 0 Å². The second-order valence-electron chi connectivity index (χ2n) is 4.29. The molecule has 0 fully saturated rings. The highest BCUT2D eigenvalue weighted by molar-refractivity contribution is 6.31. The van der Waals surface area contributed by atoms with Gasteiger partial charge in [-0.15, -0.1) is 5.10 Å². The first-order chi connectivity index (χ1) is 10.0. The van der Waals surface area contributed by atoms with E-state index in [4.69, 9.17) is 17.3 Å². The summed E-state index contributed by atoms with van der Waals surface area (Å²) in [4.78, 5) is 0. The lowest BCUT2D eigenvalue weighted by atomic mass is 10.2. The van der Waals surface area contributed by atoms with Crippen molar-refractivity contribution >= 4 is 17.3 Å². The van der Waals surface area contributed by atoms with Crippen LogP contribution in [0.2, 0.25) is 5.02 Å². The Kier molecular flexibility index (Phi) is 3.26. The highest BCUT2D eigenvalue weighted by Crippen LogP contribution is 2.26. The summed E-state index contributed by atoms with van der Waals surface area (Å²) in [6.07, 6.45) is 0. The predicted molar refractivity (Wildman–Crippen MR) is 73.9 cm³/mol. The summed E-state index contributed by atoms with van der Waals surface area (Å²) in [7, 11) is 0. The van der Waals surface area contributed by atoms with Crippen molar-refractivity contribution in [2.45, 2.75) is 0 Å². The summed E-state index contributed by atoms with van der Waals surface area (Å²) in [6.45, 7) is 0. The number of hydrogen-bond donors (Lipinski definition) is 1. The fourth-order valence-electron chi connectivity index (χ4n) is 1.90. The lowest BCUT2D eigenvalue weighted by Crippen LogP contribution is -2.01. The van der Waals surface area contributed by atoms with Crippen molar-refractivity contribution in [1.82, 2.24) is 20.2 Å². The molecular weight excluding hydrogens is 300 g/mol. The molecule has 8 heteroatoms. The quantitative estimate of drug-likeness (QED) is 0.739. The predicted octanol–water partition coefficient (Wildman–Crippen LogP) is 2.84. The molecule has 0 saturated heterocycles. The normalized spacial score (nSPS) is 10.8. The molecule has 21 heavy (non-hydrogen) atoms. The van der Waals surface area contributed by atoms with E-state index in [1.807, 2.05) is 0 Å². The van der Waals surface area contributed by atoms with Gasteiger partial charge in [0.25, 0.3) is 0 Å². The molecule has 0 atom stereocenters. The number of hydrogen-bond acceptors (Lipinski definition) is 4. The summed E-state index contributed by atoms with van der Waals surface area (Å²) in [6, 6.07) is 8.21. The molecule has 0 aliphatic rings. The van der Waals surface area contributed by atoms with Gasteiger partial charge in [-0.05, 0) is 40.8 Å². The molecule has 3 aromatic rings. The van der Waals surface area contributed by atoms with Gasteiger partial charge in [-0.2, -0.15) is 4.68 Å². The minimum Gasteiger partial charge on any atom is -0.399 e. The zero-order chi connectivity index (χ0) is 15.0. The largest absolute Gasteiger partial charge is 0.399 e. The van der Waals surface area contributed by atoms with E-state index in [0.717, 1.165) is 12.1 Å². The Morgan fingerprint density at radius 2 is 1.86 bits per heavy atom. The van der Waals surface area contributed by atoms with E-state index < -0.39 is 11.6 Å². The zero-order valence-electron chi connectivity index (χ0n) is 10.5. The van der Waals surface area contributed by atoms with Crippen LogP contribution in [0.25, 0.3) is 17.1 Å². The molecule has 1 aromatic heterocycles. The number of benzene rings is 2. The molecule has 0 saturated carbocycles. The first-order valence-electron chi connectivity index (χ1n) is 5.85. The molecule has 0 radical (unpaired) electrons. The number of aromatic nitrogens is 4. The topological polar surface area (TPSA) is 69.6 Å². The minimum absolute atomic E-state index is 0.285. The number of halogens is 3. The van der Waals surface area contributed by atoms with E-state index in [9.17, 15) is 8.78 Å². The lowest BCUT2D eigenvalue weighted by molar-refractivity contribution is 0.507. The monoisotopic (exact) mass is 307 g/mol. The van der Waals surface area contributed by atoms with Crippen LogP contribution < -0.4 is 5.73 Å². The van der Waals surface area contributed by atoms with Crippen molar-refractivity contribution in [3.8, 4) is 17.1 Å². The maximum absolute atomic E-state index is 13.3. The van der Waals surface area contributed by atoms with Crippen LogP contribution >= 0.6 is 11.6 Å². The highest BCUT2D eigenvalue weighted by atomic mass is 35.5. The Hall–Kier alpha value is -2.54. The van der Waals surface area contributed by atoms with Crippen molar-refractivity contribution in [2.75, 3.05) is 5.73 Å². The number of nitrogen functional groups attached to an aromatic ring is 1. The molecule has 5 nitrogen and oxygen atoms in total. The fourth-order valence-corrected chi connectivity index (χ4v) is 2.14. The molecule has 0 spiro atoms. The minimum atomic E-state index is -0.987. The van der Waals surface area contributed by atoms with Crippen molar-refractivity contribution in [3.05, 3.63) is 53.1 Å². The maximum Gasteiger partial charge on any atom is 0.187 e. The molecule has 1 heterocycles. The summed E-state index contributed by atoms with van der Waals surface area (Å²) in [5, 5.41) is 11.6. The third-order valence-electron chi connectivity index (χ3n) is 2.80. The Labute approximate surface area is 123 Å². The lowest BCUT2D eigenvalue weighted by Gasteiger charge is -2.06. The average Bonchev–Trinajstić information content (AvgIpc) is 2.90. The average molecular weight is 308 g/mol. The van der Waals surface area contributed by atoms with Gasteiger partial charge >= 0.3 is 0 Å². The van der Waals surface area contributed by atoms with Gasteiger partial charge in [0.2, 0.25) is 0 Å². The van der Waals surface area contributed by atoms with Crippen molar-refractivity contribution in [2.24, 2.45) is 0 Å². The summed E-state index contributed by atoms with van der Waals surface area (Å²) in [5.41, 5.74) is 7.02. The number of nitrogens with two attached hydrogens (primary N) is 1. The van der Waals surface area contributed by atoms with Crippen LogP contribution in [0.1, 0.15) is 0 Å². The molecule has 2 N–H and O–H groups in total. The number of tetrazole rings is 1. The fraction of sp³-hybridized carbons (Fsp3) is 0. The van der Waals surface area contributed by atoms with Crippen LogP contribution in [0.15, 0.2) is 36.4 Å². The standard InChI is InChI=1S/C13H8ClF2N5/c14-8-3-7(4-9(17)5-8)13-18-19-20-21(13)10-1-2-11(15)12(16)6-10/h1-6H,17H2. The molecule has 0 bridgehead atoms. The number of anilines is 1. The van der Waals surface area contributed by atoms with Gasteiger partial charge < -0.3 is 5.73 Å². The highest BCUT2D eigenvalue weighted by Gasteiger charge is 2.13. The Morgan fingerprint density at radius 1 is 1.05 bits per heavy atom. The van der Waals surface area contributed by atoms with Crippen molar-refractivity contribution in [3.63, 3.8) is 0 Å². The second kappa shape index (κ2) is 5.10. The van der Waals surface area contributed by atoms with E-state index in [1.165, 1.54) is 10.7 Å². The summed E-state index contributed by atoms with van der Waals surface area (Å²) < 4.78 is 27.6. The molecule has 2 aromatic carbocycles. The molecule has 3 rings (SSSR count). The molecule has 106 valence electrons. The van der Waals surface area contributed by atoms with Gasteiger partial charge in [0.05, 0.1) is 5.69 Å². The second-order valence-corrected chi connectivity index (χ2v) is 4.72. The molecule has 0 unspecified atom stereocenters. The maximum atomic E-state index is 13.3. The number of nitrogens with zero attached hydrogens (tertiary/aromatic N) is 4. The van der Waals surface area contributed by atoms with E-state index in [1.54, 1.807) is 18.2 Å². The first kappa shape index (κ1) is 13.4. The van der Waals surface area contributed by atoms with E-state index >= 15 is 0 Å². The molecular formula is C13H8ClF2N5. The molecule has 0 amide bonds. The first-order valence-corrected chi connectivity index (χ1v) is 6.22. The van der Waals surface area contributed by atoms with Crippen LogP contribution in [0.3, 0.4) is 0 Å². The van der Waals surface area contributed by atoms with Crippen LogP contribution in [0, 0.1) is 11.6 Å². The van der Waals surface area contributed by atoms with Gasteiger partial charge in [-0.3, -0.25) is 0 Å². The summed E-state index contributed by atoms with van der Waals surface area (Å²) in [5.74, 6) is -1.62. The molecule has 0 aliphatic heterocycles. The van der Waals surface area contributed by atoms with Gasteiger partial charge in [0.1, 0.15) is 0 Å². The van der Waals surface area contributed by atoms with Gasteiger partial charge in [0.15, 0.2) is 17.5 Å². The Balaban J connectivity index is 2.14. The summed E-state index contributed by atoms with van der Waals surface area (Å²) >= 11 is 5.94. The molecule has 0 aliphatic carbocycles. The van der Waals surface area contributed by atoms with Crippen LogP contribution in [0.5, 0.6) is 0 Å². The van der Waals surface area contributed by atoms with Crippen LogP contribution in [-0.2, 0) is 0 Å². The van der Waals surface area contributed by atoms with Crippen LogP contribution in [-0.4, -0.2) is 20.2 Å². The zero-order valence-corrected chi connectivity index (χ0v) is 11.2. The number of rotatable bonds is 2. The van der Waals surface area contributed by atoms with E-state index in [-0.39, 0.29) is 5.69 Å².